The summed E-state index contributed by atoms with van der Waals surface area (Å²) < 4.78 is 25.4. The second-order valence-corrected chi connectivity index (χ2v) is 8.96. The number of anilines is 5. The van der Waals surface area contributed by atoms with E-state index < -0.39 is 5.82 Å². The number of rotatable bonds is 11. The van der Waals surface area contributed by atoms with Crippen LogP contribution in [0, 0.1) is 5.82 Å². The predicted octanol–water partition coefficient (Wildman–Crippen LogP) is 7.18. The van der Waals surface area contributed by atoms with Gasteiger partial charge in [-0.25, -0.2) is 9.82 Å². The Morgan fingerprint density at radius 2 is 1.41 bits per heavy atom. The van der Waals surface area contributed by atoms with Crippen molar-refractivity contribution in [1.82, 2.24) is 15.0 Å². The molecule has 206 valence electrons. The molecule has 0 aliphatic heterocycles. The minimum absolute atomic E-state index is 0.0695. The predicted molar refractivity (Wildman–Crippen MR) is 159 cm³/mol. The fourth-order valence-electron chi connectivity index (χ4n) is 3.71. The molecule has 0 saturated carbocycles. The van der Waals surface area contributed by atoms with Gasteiger partial charge in [0.2, 0.25) is 17.8 Å². The minimum atomic E-state index is -0.446. The summed E-state index contributed by atoms with van der Waals surface area (Å²) in [5, 5.41) is 10.9. The maximum Gasteiger partial charge on any atom is 0.250 e. The zero-order valence-corrected chi connectivity index (χ0v) is 22.6. The summed E-state index contributed by atoms with van der Waals surface area (Å²) in [5.41, 5.74) is 5.44. The Balaban J connectivity index is 1.33. The molecule has 5 aromatic rings. The Kier molecular flexibility index (Phi) is 8.82. The van der Waals surface area contributed by atoms with Gasteiger partial charge in [-0.3, -0.25) is 0 Å². The van der Waals surface area contributed by atoms with Crippen molar-refractivity contribution in [2.75, 3.05) is 23.2 Å². The Morgan fingerprint density at radius 3 is 2.02 bits per heavy atom. The Hall–Kier alpha value is -5.22. The van der Waals surface area contributed by atoms with Gasteiger partial charge in [-0.05, 0) is 60.2 Å². The monoisotopic (exact) mass is 569 g/mol. The zero-order valence-electron chi connectivity index (χ0n) is 21.9. The lowest BCUT2D eigenvalue weighted by Crippen LogP contribution is -2.07. The maximum absolute atomic E-state index is 14.2. The van der Waals surface area contributed by atoms with Gasteiger partial charge in [0, 0.05) is 16.9 Å². The molecule has 0 spiro atoms. The smallest absolute Gasteiger partial charge is 0.250 e. The van der Waals surface area contributed by atoms with E-state index in [1.165, 1.54) is 13.2 Å². The first-order valence-electron chi connectivity index (χ1n) is 12.5. The molecule has 0 atom stereocenters. The number of hydrogen-bond donors (Lipinski definition) is 3. The normalized spacial score (nSPS) is 10.8. The maximum atomic E-state index is 14.2. The average Bonchev–Trinajstić information content (AvgIpc) is 2.98. The van der Waals surface area contributed by atoms with Crippen molar-refractivity contribution in [3.05, 3.63) is 119 Å². The molecule has 0 fully saturated rings. The van der Waals surface area contributed by atoms with Crippen LogP contribution in [-0.4, -0.2) is 28.3 Å². The summed E-state index contributed by atoms with van der Waals surface area (Å²) in [5.74, 6) is 1.31. The number of para-hydroxylation sites is 2. The van der Waals surface area contributed by atoms with E-state index in [1.807, 2.05) is 60.7 Å². The largest absolute Gasteiger partial charge is 0.493 e. The number of nitrogens with one attached hydrogen (secondary N) is 3. The zero-order chi connectivity index (χ0) is 28.4. The Labute approximate surface area is 241 Å². The van der Waals surface area contributed by atoms with Gasteiger partial charge in [0.1, 0.15) is 12.4 Å². The molecule has 11 heteroatoms. The van der Waals surface area contributed by atoms with Crippen LogP contribution < -0.4 is 25.5 Å². The number of hydrazone groups is 1. The summed E-state index contributed by atoms with van der Waals surface area (Å²) in [6.07, 6.45) is 1.57. The number of ether oxygens (including phenoxy) is 2. The van der Waals surface area contributed by atoms with Crippen LogP contribution in [0.3, 0.4) is 0 Å². The van der Waals surface area contributed by atoms with E-state index in [-0.39, 0.29) is 23.1 Å². The molecule has 0 unspecified atom stereocenters. The molecule has 0 radical (unpaired) electrons. The van der Waals surface area contributed by atoms with Crippen molar-refractivity contribution >= 4 is 47.0 Å². The molecule has 0 aliphatic carbocycles. The number of aromatic nitrogens is 3. The summed E-state index contributed by atoms with van der Waals surface area (Å²) in [4.78, 5) is 13.3. The molecule has 0 aliphatic rings. The third-order valence-corrected chi connectivity index (χ3v) is 6.05. The van der Waals surface area contributed by atoms with Gasteiger partial charge >= 0.3 is 0 Å². The standard InChI is InChI=1S/C30H25ClFN7O2/c1-40-26-16-15-20(17-27(26)41-19-23-24(31)13-8-14-25(23)32)18-33-39-30-37-28(34-21-9-4-2-5-10-21)36-29(38-30)35-22-11-6-3-7-12-22/h2-18H,19H2,1H3,(H3,34,35,36,37,38,39). The highest BCUT2D eigenvalue weighted by Crippen LogP contribution is 2.30. The average molecular weight is 570 g/mol. The number of hydrogen-bond acceptors (Lipinski definition) is 9. The van der Waals surface area contributed by atoms with Crippen molar-refractivity contribution in [2.24, 2.45) is 5.10 Å². The molecule has 3 N–H and O–H groups in total. The SMILES string of the molecule is COc1ccc(C=NNc2nc(Nc3ccccc3)nc(Nc3ccccc3)n2)cc1OCc1c(F)cccc1Cl. The second kappa shape index (κ2) is 13.2. The van der Waals surface area contributed by atoms with Gasteiger partial charge in [0.25, 0.3) is 0 Å². The lowest BCUT2D eigenvalue weighted by atomic mass is 10.2. The fourth-order valence-corrected chi connectivity index (χ4v) is 3.93. The van der Waals surface area contributed by atoms with E-state index in [2.05, 4.69) is 36.1 Å². The summed E-state index contributed by atoms with van der Waals surface area (Å²) in [7, 11) is 1.52. The molecule has 5 rings (SSSR count). The van der Waals surface area contributed by atoms with Crippen molar-refractivity contribution in [2.45, 2.75) is 6.61 Å². The summed E-state index contributed by atoms with van der Waals surface area (Å²) >= 11 is 6.13. The lowest BCUT2D eigenvalue weighted by molar-refractivity contribution is 0.280. The van der Waals surface area contributed by atoms with Gasteiger partial charge in [0.15, 0.2) is 11.5 Å². The van der Waals surface area contributed by atoms with Gasteiger partial charge in [-0.2, -0.15) is 20.1 Å². The highest BCUT2D eigenvalue weighted by atomic mass is 35.5. The Morgan fingerprint density at radius 1 is 0.780 bits per heavy atom. The first-order chi connectivity index (χ1) is 20.1. The van der Waals surface area contributed by atoms with E-state index >= 15 is 0 Å². The molecule has 1 heterocycles. The number of benzene rings is 4. The Bertz CT molecular complexity index is 1560. The van der Waals surface area contributed by atoms with Gasteiger partial charge in [0.05, 0.1) is 18.3 Å². The number of halogens is 2. The van der Waals surface area contributed by atoms with Gasteiger partial charge in [-0.15, -0.1) is 0 Å². The molecule has 0 amide bonds. The van der Waals surface area contributed by atoms with Crippen molar-refractivity contribution in [1.29, 1.82) is 0 Å². The molecular weight excluding hydrogens is 545 g/mol. The van der Waals surface area contributed by atoms with Crippen molar-refractivity contribution in [3.63, 3.8) is 0 Å². The molecule has 9 nitrogen and oxygen atoms in total. The quantitative estimate of drug-likeness (QED) is 0.113. The van der Waals surface area contributed by atoms with Crippen LogP contribution >= 0.6 is 11.6 Å². The van der Waals surface area contributed by atoms with Crippen LogP contribution in [0.25, 0.3) is 0 Å². The van der Waals surface area contributed by atoms with Crippen LogP contribution in [0.15, 0.2) is 102 Å². The van der Waals surface area contributed by atoms with Gasteiger partial charge in [-0.1, -0.05) is 54.1 Å². The van der Waals surface area contributed by atoms with Crippen LogP contribution in [0.2, 0.25) is 5.02 Å². The van der Waals surface area contributed by atoms with Crippen LogP contribution in [-0.2, 0) is 6.61 Å². The third kappa shape index (κ3) is 7.46. The van der Waals surface area contributed by atoms with E-state index in [9.17, 15) is 4.39 Å². The van der Waals surface area contributed by atoms with Crippen LogP contribution in [0.1, 0.15) is 11.1 Å². The first-order valence-corrected chi connectivity index (χ1v) is 12.9. The number of nitrogens with zero attached hydrogens (tertiary/aromatic N) is 4. The van der Waals surface area contributed by atoms with E-state index in [4.69, 9.17) is 21.1 Å². The first kappa shape index (κ1) is 27.4. The van der Waals surface area contributed by atoms with Crippen LogP contribution in [0.5, 0.6) is 11.5 Å². The van der Waals surface area contributed by atoms with Crippen molar-refractivity contribution in [3.8, 4) is 11.5 Å². The molecule has 0 bridgehead atoms. The molecule has 1 aromatic heterocycles. The minimum Gasteiger partial charge on any atom is -0.493 e. The summed E-state index contributed by atoms with van der Waals surface area (Å²) in [6.45, 7) is -0.0695. The second-order valence-electron chi connectivity index (χ2n) is 8.56. The lowest BCUT2D eigenvalue weighted by Gasteiger charge is -2.12. The van der Waals surface area contributed by atoms with Crippen LogP contribution in [0.4, 0.5) is 33.6 Å². The molecule has 4 aromatic carbocycles. The fraction of sp³-hybridized carbons (Fsp3) is 0.0667. The van der Waals surface area contributed by atoms with E-state index in [0.29, 0.717) is 29.0 Å². The molecule has 41 heavy (non-hydrogen) atoms. The van der Waals surface area contributed by atoms with E-state index in [0.717, 1.165) is 11.4 Å². The van der Waals surface area contributed by atoms with Crippen molar-refractivity contribution < 1.29 is 13.9 Å². The van der Waals surface area contributed by atoms with E-state index in [1.54, 1.807) is 36.5 Å². The highest BCUT2D eigenvalue weighted by Gasteiger charge is 2.11. The highest BCUT2D eigenvalue weighted by molar-refractivity contribution is 6.31. The summed E-state index contributed by atoms with van der Waals surface area (Å²) in [6, 6.07) is 28.8. The third-order valence-electron chi connectivity index (χ3n) is 5.69. The topological polar surface area (TPSA) is 106 Å². The molecule has 0 saturated heterocycles. The van der Waals surface area contributed by atoms with Gasteiger partial charge < -0.3 is 20.1 Å². The molecular formula is C30H25ClFN7O2. The number of methoxy groups -OCH3 is 1.